The number of nitrogens with one attached hydrogen (secondary N) is 1. The normalized spacial score (nSPS) is 24.5. The molecule has 1 aromatic carbocycles. The lowest BCUT2D eigenvalue weighted by Gasteiger charge is -2.35. The van der Waals surface area contributed by atoms with Crippen molar-refractivity contribution in [2.24, 2.45) is 11.8 Å². The quantitative estimate of drug-likeness (QED) is 0.671. The highest BCUT2D eigenvalue weighted by Crippen LogP contribution is 2.30. The molecule has 1 aliphatic carbocycles. The van der Waals surface area contributed by atoms with Crippen LogP contribution in [-0.4, -0.2) is 72.6 Å². The number of anilines is 1. The van der Waals surface area contributed by atoms with Gasteiger partial charge < -0.3 is 19.7 Å². The Labute approximate surface area is 211 Å². The molecule has 3 atom stereocenters. The maximum Gasteiger partial charge on any atom is 0.257 e. The number of carbonyl (C=O) groups excluding carboxylic acids is 2. The molecule has 2 aromatic rings. The van der Waals surface area contributed by atoms with Crippen molar-refractivity contribution in [3.05, 3.63) is 40.3 Å². The molecule has 1 aliphatic heterocycles. The molecule has 190 valence electrons. The number of likely N-dealkylation sites (N-methyl/N-ethyl adjacent to an activating group) is 1. The molecule has 2 amide bonds. The molecule has 1 aromatic heterocycles. The van der Waals surface area contributed by atoms with E-state index in [0.29, 0.717) is 30.2 Å². The highest BCUT2D eigenvalue weighted by molar-refractivity contribution is 7.09. The van der Waals surface area contributed by atoms with E-state index in [9.17, 15) is 9.59 Å². The highest BCUT2D eigenvalue weighted by Gasteiger charge is 2.29. The van der Waals surface area contributed by atoms with E-state index < -0.39 is 0 Å². The summed E-state index contributed by atoms with van der Waals surface area (Å²) < 4.78 is 12.1. The number of fused-ring (bicyclic) bond motifs is 1. The summed E-state index contributed by atoms with van der Waals surface area (Å²) in [5.41, 5.74) is 1.13. The third-order valence-corrected chi connectivity index (χ3v) is 7.91. The zero-order chi connectivity index (χ0) is 24.9. The Bertz CT molecular complexity index is 1010. The standard InChI is InChI=1S/C26H36N4O4S/c1-17-13-30(15-24-27-10-11-35-24)18(2)16-34-22-12-20(28-25(31)19-6-5-7-19)8-9-21(22)26(32)29(3)14-23(17)33-4/h8-12,17-19,23H,5-7,13-16H2,1-4H3,(H,28,31)/t17-,18+,23+/m1/s1. The van der Waals surface area contributed by atoms with E-state index in [1.54, 1.807) is 48.6 Å². The molecule has 0 saturated heterocycles. The second kappa shape index (κ2) is 11.5. The molecular weight excluding hydrogens is 464 g/mol. The lowest BCUT2D eigenvalue weighted by atomic mass is 9.85. The second-order valence-corrected chi connectivity index (χ2v) is 10.8. The Balaban J connectivity index is 1.61. The molecule has 4 rings (SSSR count). The molecule has 2 aliphatic rings. The van der Waals surface area contributed by atoms with Crippen LogP contribution in [-0.2, 0) is 16.1 Å². The van der Waals surface area contributed by atoms with Gasteiger partial charge in [0, 0.05) is 62.5 Å². The minimum absolute atomic E-state index is 0.0349. The Morgan fingerprint density at radius 3 is 2.74 bits per heavy atom. The van der Waals surface area contributed by atoms with Crippen LogP contribution in [0.25, 0.3) is 0 Å². The van der Waals surface area contributed by atoms with Crippen LogP contribution in [0.3, 0.4) is 0 Å². The van der Waals surface area contributed by atoms with Crippen LogP contribution in [0, 0.1) is 11.8 Å². The number of nitrogens with zero attached hydrogens (tertiary/aromatic N) is 3. The first-order valence-corrected chi connectivity index (χ1v) is 13.2. The summed E-state index contributed by atoms with van der Waals surface area (Å²) in [6.07, 6.45) is 4.68. The van der Waals surface area contributed by atoms with Gasteiger partial charge in [-0.05, 0) is 37.8 Å². The third kappa shape index (κ3) is 6.20. The van der Waals surface area contributed by atoms with Crippen LogP contribution in [0.5, 0.6) is 5.75 Å². The number of carbonyl (C=O) groups is 2. The van der Waals surface area contributed by atoms with Crippen molar-refractivity contribution < 1.29 is 19.1 Å². The van der Waals surface area contributed by atoms with Crippen molar-refractivity contribution in [1.29, 1.82) is 0 Å². The van der Waals surface area contributed by atoms with E-state index in [0.717, 1.165) is 37.4 Å². The SMILES string of the molecule is CO[C@H]1CN(C)C(=O)c2ccc(NC(=O)C3CCC3)cc2OC[C@H](C)N(Cc2nccs2)C[C@H]1C. The molecule has 35 heavy (non-hydrogen) atoms. The first-order chi connectivity index (χ1) is 16.9. The van der Waals surface area contributed by atoms with E-state index in [1.807, 2.05) is 11.6 Å². The Kier molecular flexibility index (Phi) is 8.41. The predicted octanol–water partition coefficient (Wildman–Crippen LogP) is 3.89. The lowest BCUT2D eigenvalue weighted by Crippen LogP contribution is -2.46. The summed E-state index contributed by atoms with van der Waals surface area (Å²) in [5.74, 6) is 0.668. The Morgan fingerprint density at radius 1 is 1.29 bits per heavy atom. The van der Waals surface area contributed by atoms with E-state index in [1.165, 1.54) is 0 Å². The van der Waals surface area contributed by atoms with Gasteiger partial charge in [-0.2, -0.15) is 0 Å². The number of thiazole rings is 1. The van der Waals surface area contributed by atoms with Gasteiger partial charge in [0.2, 0.25) is 5.91 Å². The first kappa shape index (κ1) is 25.6. The van der Waals surface area contributed by atoms with Crippen molar-refractivity contribution in [3.63, 3.8) is 0 Å². The minimum Gasteiger partial charge on any atom is -0.491 e. The number of hydrogen-bond acceptors (Lipinski definition) is 7. The van der Waals surface area contributed by atoms with Crippen LogP contribution in [0.15, 0.2) is 29.8 Å². The molecule has 8 nitrogen and oxygen atoms in total. The van der Waals surface area contributed by atoms with Crippen molar-refractivity contribution in [2.75, 3.05) is 39.2 Å². The molecule has 2 heterocycles. The van der Waals surface area contributed by atoms with Gasteiger partial charge in [-0.1, -0.05) is 13.3 Å². The predicted molar refractivity (Wildman–Crippen MR) is 137 cm³/mol. The summed E-state index contributed by atoms with van der Waals surface area (Å²) in [6.45, 7) is 6.67. The average Bonchev–Trinajstić information content (AvgIpc) is 3.31. The largest absolute Gasteiger partial charge is 0.491 e. The number of hydrogen-bond donors (Lipinski definition) is 1. The molecule has 0 radical (unpaired) electrons. The van der Waals surface area contributed by atoms with Crippen LogP contribution < -0.4 is 10.1 Å². The van der Waals surface area contributed by atoms with E-state index >= 15 is 0 Å². The van der Waals surface area contributed by atoms with Gasteiger partial charge in [-0.3, -0.25) is 14.5 Å². The molecule has 1 saturated carbocycles. The topological polar surface area (TPSA) is 84.0 Å². The zero-order valence-corrected chi connectivity index (χ0v) is 21.8. The monoisotopic (exact) mass is 500 g/mol. The molecule has 0 spiro atoms. The van der Waals surface area contributed by atoms with Gasteiger partial charge in [-0.15, -0.1) is 11.3 Å². The average molecular weight is 501 g/mol. The van der Waals surface area contributed by atoms with Crippen molar-refractivity contribution >= 4 is 28.8 Å². The second-order valence-electron chi connectivity index (χ2n) is 9.78. The van der Waals surface area contributed by atoms with E-state index in [2.05, 4.69) is 29.0 Å². The summed E-state index contributed by atoms with van der Waals surface area (Å²) in [7, 11) is 3.49. The third-order valence-electron chi connectivity index (χ3n) is 7.14. The van der Waals surface area contributed by atoms with Crippen LogP contribution in [0.2, 0.25) is 0 Å². The van der Waals surface area contributed by atoms with Crippen molar-refractivity contribution in [1.82, 2.24) is 14.8 Å². The Morgan fingerprint density at radius 2 is 2.09 bits per heavy atom. The van der Waals surface area contributed by atoms with E-state index in [-0.39, 0.29) is 35.8 Å². The maximum absolute atomic E-state index is 13.4. The summed E-state index contributed by atoms with van der Waals surface area (Å²) >= 11 is 1.64. The molecule has 1 N–H and O–H groups in total. The summed E-state index contributed by atoms with van der Waals surface area (Å²) in [5, 5.41) is 6.04. The fourth-order valence-electron chi connectivity index (χ4n) is 4.56. The number of methoxy groups -OCH3 is 1. The van der Waals surface area contributed by atoms with Crippen LogP contribution in [0.1, 0.15) is 48.5 Å². The van der Waals surface area contributed by atoms with Crippen LogP contribution in [0.4, 0.5) is 5.69 Å². The molecule has 1 fully saturated rings. The van der Waals surface area contributed by atoms with Gasteiger partial charge in [0.05, 0.1) is 18.2 Å². The van der Waals surface area contributed by atoms with Gasteiger partial charge in [0.1, 0.15) is 17.4 Å². The number of aromatic nitrogens is 1. The summed E-state index contributed by atoms with van der Waals surface area (Å²) in [6, 6.07) is 5.38. The fourth-order valence-corrected chi connectivity index (χ4v) is 5.21. The Hall–Kier alpha value is -2.49. The van der Waals surface area contributed by atoms with Gasteiger partial charge in [0.25, 0.3) is 5.91 Å². The zero-order valence-electron chi connectivity index (χ0n) is 21.0. The first-order valence-electron chi connectivity index (χ1n) is 12.3. The van der Waals surface area contributed by atoms with E-state index in [4.69, 9.17) is 9.47 Å². The van der Waals surface area contributed by atoms with Crippen molar-refractivity contribution in [2.45, 2.75) is 51.8 Å². The van der Waals surface area contributed by atoms with Crippen molar-refractivity contribution in [3.8, 4) is 5.75 Å². The van der Waals surface area contributed by atoms with Gasteiger partial charge in [0.15, 0.2) is 0 Å². The minimum atomic E-state index is -0.126. The summed E-state index contributed by atoms with van der Waals surface area (Å²) in [4.78, 5) is 34.4. The molecule has 0 unspecified atom stereocenters. The van der Waals surface area contributed by atoms with Crippen LogP contribution >= 0.6 is 11.3 Å². The van der Waals surface area contributed by atoms with Gasteiger partial charge in [-0.25, -0.2) is 4.98 Å². The number of amides is 2. The maximum atomic E-state index is 13.4. The molecular formula is C26H36N4O4S. The smallest absolute Gasteiger partial charge is 0.257 e. The molecule has 0 bridgehead atoms. The number of ether oxygens (including phenoxy) is 2. The highest BCUT2D eigenvalue weighted by atomic mass is 32.1. The number of rotatable bonds is 5. The lowest BCUT2D eigenvalue weighted by molar-refractivity contribution is -0.122. The molecule has 9 heteroatoms. The number of benzene rings is 1. The fraction of sp³-hybridized carbons (Fsp3) is 0.577. The van der Waals surface area contributed by atoms with Gasteiger partial charge >= 0.3 is 0 Å².